The van der Waals surface area contributed by atoms with Gasteiger partial charge in [0.25, 0.3) is 0 Å². The van der Waals surface area contributed by atoms with Crippen molar-refractivity contribution in [2.24, 2.45) is 0 Å². The van der Waals surface area contributed by atoms with Crippen molar-refractivity contribution in [2.75, 3.05) is 20.8 Å². The normalized spacial score (nSPS) is 22.2. The molecule has 16 heavy (non-hydrogen) atoms. The van der Waals surface area contributed by atoms with E-state index in [1.807, 2.05) is 18.2 Å². The maximum atomic E-state index is 5.66. The Hall–Kier alpha value is -1.64. The van der Waals surface area contributed by atoms with E-state index < -0.39 is 0 Å². The highest BCUT2D eigenvalue weighted by Gasteiger charge is 2.37. The van der Waals surface area contributed by atoms with Gasteiger partial charge < -0.3 is 14.2 Å². The Balaban J connectivity index is 2.61. The highest BCUT2D eigenvalue weighted by atomic mass is 16.5. The maximum absolute atomic E-state index is 5.66. The summed E-state index contributed by atoms with van der Waals surface area (Å²) in [6.45, 7) is 6.54. The third kappa shape index (κ3) is 1.43. The summed E-state index contributed by atoms with van der Waals surface area (Å²) in [6, 6.07) is 3.75. The lowest BCUT2D eigenvalue weighted by molar-refractivity contribution is 0.305. The van der Waals surface area contributed by atoms with Gasteiger partial charge in [0.2, 0.25) is 0 Å². The Kier molecular flexibility index (Phi) is 2.54. The summed E-state index contributed by atoms with van der Waals surface area (Å²) in [7, 11) is 3.28. The number of rotatable bonds is 3. The third-order valence-electron chi connectivity index (χ3n) is 3.04. The molecule has 0 radical (unpaired) electrons. The Morgan fingerprint density at radius 1 is 1.38 bits per heavy atom. The van der Waals surface area contributed by atoms with E-state index >= 15 is 0 Å². The molecule has 1 aliphatic rings. The number of hydrogen-bond donors (Lipinski definition) is 0. The molecule has 1 aromatic carbocycles. The summed E-state index contributed by atoms with van der Waals surface area (Å²) in [6.07, 6.45) is 1.90. The zero-order valence-corrected chi connectivity index (χ0v) is 9.87. The first kappa shape index (κ1) is 10.9. The van der Waals surface area contributed by atoms with Crippen molar-refractivity contribution < 1.29 is 14.2 Å². The summed E-state index contributed by atoms with van der Waals surface area (Å²) < 4.78 is 16.2. The first-order chi connectivity index (χ1) is 7.64. The number of hydrogen-bond acceptors (Lipinski definition) is 3. The minimum atomic E-state index is -0.188. The molecule has 0 N–H and O–H groups in total. The van der Waals surface area contributed by atoms with E-state index in [0.29, 0.717) is 6.61 Å². The molecule has 0 bridgehead atoms. The van der Waals surface area contributed by atoms with Crippen LogP contribution in [0.5, 0.6) is 17.2 Å². The molecule has 1 aromatic rings. The average molecular weight is 220 g/mol. The van der Waals surface area contributed by atoms with Gasteiger partial charge in [0.1, 0.15) is 23.9 Å². The van der Waals surface area contributed by atoms with Crippen LogP contribution in [0, 0.1) is 0 Å². The molecule has 0 saturated carbocycles. The van der Waals surface area contributed by atoms with Crippen molar-refractivity contribution in [3.8, 4) is 17.2 Å². The van der Waals surface area contributed by atoms with Crippen molar-refractivity contribution in [3.05, 3.63) is 30.4 Å². The summed E-state index contributed by atoms with van der Waals surface area (Å²) in [4.78, 5) is 0. The average Bonchev–Trinajstić information content (AvgIpc) is 2.67. The van der Waals surface area contributed by atoms with Crippen LogP contribution in [-0.4, -0.2) is 20.8 Å². The molecule has 0 fully saturated rings. The molecule has 3 heteroatoms. The largest absolute Gasteiger partial charge is 0.496 e. The Labute approximate surface area is 95.6 Å². The van der Waals surface area contributed by atoms with Gasteiger partial charge in [-0.2, -0.15) is 0 Å². The van der Waals surface area contributed by atoms with Gasteiger partial charge in [-0.1, -0.05) is 6.08 Å². The number of benzene rings is 1. The third-order valence-corrected chi connectivity index (χ3v) is 3.04. The molecular weight excluding hydrogens is 204 g/mol. The molecule has 0 spiro atoms. The van der Waals surface area contributed by atoms with E-state index in [-0.39, 0.29) is 5.41 Å². The second-order valence-corrected chi connectivity index (χ2v) is 4.11. The van der Waals surface area contributed by atoms with Crippen LogP contribution in [-0.2, 0) is 5.41 Å². The topological polar surface area (TPSA) is 27.7 Å². The molecule has 2 rings (SSSR count). The zero-order valence-electron chi connectivity index (χ0n) is 9.87. The van der Waals surface area contributed by atoms with Crippen molar-refractivity contribution in [1.82, 2.24) is 0 Å². The second-order valence-electron chi connectivity index (χ2n) is 4.11. The van der Waals surface area contributed by atoms with E-state index in [1.165, 1.54) is 0 Å². The maximum Gasteiger partial charge on any atom is 0.130 e. The predicted octanol–water partition coefficient (Wildman–Crippen LogP) is 2.54. The SMILES string of the molecule is C=CC1(C)COc2cc(OC)cc(OC)c21. The molecular formula is C13H16O3. The molecule has 1 atom stereocenters. The summed E-state index contributed by atoms with van der Waals surface area (Å²) in [5, 5.41) is 0. The van der Waals surface area contributed by atoms with E-state index in [1.54, 1.807) is 14.2 Å². The first-order valence-corrected chi connectivity index (χ1v) is 5.17. The summed E-state index contributed by atoms with van der Waals surface area (Å²) in [5.41, 5.74) is 0.859. The minimum Gasteiger partial charge on any atom is -0.496 e. The van der Waals surface area contributed by atoms with E-state index in [4.69, 9.17) is 14.2 Å². The summed E-state index contributed by atoms with van der Waals surface area (Å²) >= 11 is 0. The lowest BCUT2D eigenvalue weighted by atomic mass is 9.84. The smallest absolute Gasteiger partial charge is 0.130 e. The van der Waals surface area contributed by atoms with Gasteiger partial charge in [0.15, 0.2) is 0 Å². The predicted molar refractivity (Wildman–Crippen MR) is 62.6 cm³/mol. The van der Waals surface area contributed by atoms with Gasteiger partial charge >= 0.3 is 0 Å². The van der Waals surface area contributed by atoms with Crippen LogP contribution in [0.25, 0.3) is 0 Å². The lowest BCUT2D eigenvalue weighted by Gasteiger charge is -2.19. The fraction of sp³-hybridized carbons (Fsp3) is 0.385. The van der Waals surface area contributed by atoms with Crippen molar-refractivity contribution in [3.63, 3.8) is 0 Å². The van der Waals surface area contributed by atoms with Crippen LogP contribution >= 0.6 is 0 Å². The van der Waals surface area contributed by atoms with Crippen LogP contribution in [0.4, 0.5) is 0 Å². The van der Waals surface area contributed by atoms with Crippen molar-refractivity contribution in [1.29, 1.82) is 0 Å². The molecule has 0 aliphatic carbocycles. The van der Waals surface area contributed by atoms with Crippen LogP contribution in [0.1, 0.15) is 12.5 Å². The van der Waals surface area contributed by atoms with Gasteiger partial charge in [-0.3, -0.25) is 0 Å². The number of methoxy groups -OCH3 is 2. The summed E-state index contributed by atoms with van der Waals surface area (Å²) in [5.74, 6) is 2.34. The fourth-order valence-electron chi connectivity index (χ4n) is 1.98. The molecule has 1 unspecified atom stereocenters. The van der Waals surface area contributed by atoms with Gasteiger partial charge in [-0.25, -0.2) is 0 Å². The van der Waals surface area contributed by atoms with Crippen LogP contribution in [0.3, 0.4) is 0 Å². The van der Waals surface area contributed by atoms with Crippen molar-refractivity contribution >= 4 is 0 Å². The number of fused-ring (bicyclic) bond motifs is 1. The van der Waals surface area contributed by atoms with E-state index in [0.717, 1.165) is 22.8 Å². The second kappa shape index (κ2) is 3.74. The molecule has 86 valence electrons. The van der Waals surface area contributed by atoms with Gasteiger partial charge in [0, 0.05) is 17.7 Å². The Morgan fingerprint density at radius 3 is 2.69 bits per heavy atom. The molecule has 1 heterocycles. The lowest BCUT2D eigenvalue weighted by Crippen LogP contribution is -2.20. The first-order valence-electron chi connectivity index (χ1n) is 5.17. The zero-order chi connectivity index (χ0) is 11.8. The molecule has 0 aromatic heterocycles. The fourth-order valence-corrected chi connectivity index (χ4v) is 1.98. The molecule has 1 aliphatic heterocycles. The highest BCUT2D eigenvalue weighted by molar-refractivity contribution is 5.58. The molecule has 3 nitrogen and oxygen atoms in total. The quantitative estimate of drug-likeness (QED) is 0.733. The standard InChI is InChI=1S/C13H16O3/c1-5-13(2)8-16-11-7-9(14-3)6-10(15-4)12(11)13/h5-7H,1,8H2,2-4H3. The van der Waals surface area contributed by atoms with E-state index in [2.05, 4.69) is 13.5 Å². The highest BCUT2D eigenvalue weighted by Crippen LogP contribution is 2.47. The monoisotopic (exact) mass is 220 g/mol. The van der Waals surface area contributed by atoms with Gasteiger partial charge in [0.05, 0.1) is 19.6 Å². The van der Waals surface area contributed by atoms with Crippen LogP contribution in [0.2, 0.25) is 0 Å². The van der Waals surface area contributed by atoms with Crippen LogP contribution in [0.15, 0.2) is 24.8 Å². The van der Waals surface area contributed by atoms with Crippen molar-refractivity contribution in [2.45, 2.75) is 12.3 Å². The minimum absolute atomic E-state index is 0.188. The molecule has 0 saturated heterocycles. The number of ether oxygens (including phenoxy) is 3. The van der Waals surface area contributed by atoms with Gasteiger partial charge in [-0.05, 0) is 6.92 Å². The Morgan fingerprint density at radius 2 is 2.12 bits per heavy atom. The molecule has 0 amide bonds. The van der Waals surface area contributed by atoms with Gasteiger partial charge in [-0.15, -0.1) is 6.58 Å². The van der Waals surface area contributed by atoms with Crippen LogP contribution < -0.4 is 14.2 Å². The Bertz CT molecular complexity index is 425. The van der Waals surface area contributed by atoms with E-state index in [9.17, 15) is 0 Å².